The van der Waals surface area contributed by atoms with Gasteiger partial charge in [0.15, 0.2) is 5.82 Å². The number of nitrogens with zero attached hydrogens (tertiary/aromatic N) is 7. The van der Waals surface area contributed by atoms with Crippen molar-refractivity contribution >= 4 is 29.5 Å². The number of anilines is 1. The van der Waals surface area contributed by atoms with Crippen LogP contribution in [0.2, 0.25) is 0 Å². The SMILES string of the molecule is Cc1nnc(-c2ccc(OCCOCCOCCOCCOCCOCCOCCOCCOCCOCCOCCOCCC(=O)Nc3ccc(CC4CN(CC(=O)O)CCN(CC(=O)O)CCN4CC(=O)O)cc3)cc2)nn1. The Morgan fingerprint density at radius 1 is 0.475 bits per heavy atom. The summed E-state index contributed by atoms with van der Waals surface area (Å²) in [6, 6.07) is 14.2. The maximum absolute atomic E-state index is 12.6. The summed E-state index contributed by atoms with van der Waals surface area (Å²) in [7, 11) is 0. The lowest BCUT2D eigenvalue weighted by molar-refractivity contribution is -0.140. The van der Waals surface area contributed by atoms with E-state index in [1.807, 2.05) is 36.4 Å². The molecule has 448 valence electrons. The molecule has 1 saturated heterocycles. The third-order valence-electron chi connectivity index (χ3n) is 11.6. The molecule has 1 unspecified atom stereocenters. The maximum atomic E-state index is 12.6. The minimum Gasteiger partial charge on any atom is -0.491 e. The molecule has 80 heavy (non-hydrogen) atoms. The number of hydrogen-bond acceptors (Lipinski definition) is 23. The van der Waals surface area contributed by atoms with E-state index in [1.54, 1.807) is 33.8 Å². The summed E-state index contributed by atoms with van der Waals surface area (Å²) < 4.78 is 66.5. The lowest BCUT2D eigenvalue weighted by Gasteiger charge is -2.33. The number of hydrogen-bond donors (Lipinski definition) is 4. The largest absolute Gasteiger partial charge is 0.491 e. The number of carboxylic acid groups (broad SMARTS) is 3. The van der Waals surface area contributed by atoms with Crippen LogP contribution >= 0.6 is 0 Å². The van der Waals surface area contributed by atoms with Crippen LogP contribution in [0.3, 0.4) is 0 Å². The van der Waals surface area contributed by atoms with Gasteiger partial charge in [0.2, 0.25) is 11.7 Å². The lowest BCUT2D eigenvalue weighted by atomic mass is 10.0. The van der Waals surface area contributed by atoms with Crippen molar-refractivity contribution < 1.29 is 91.3 Å². The van der Waals surface area contributed by atoms with Gasteiger partial charge < -0.3 is 77.5 Å². The fraction of sp³-hybridized carbons (Fsp3) is 0.660. The smallest absolute Gasteiger partial charge is 0.317 e. The van der Waals surface area contributed by atoms with E-state index in [1.165, 1.54) is 0 Å². The molecule has 1 aromatic heterocycles. The number of carboxylic acids is 3. The molecular formula is C53H82N8O19. The highest BCUT2D eigenvalue weighted by Gasteiger charge is 2.28. The summed E-state index contributed by atoms with van der Waals surface area (Å²) in [5.41, 5.74) is 2.26. The van der Waals surface area contributed by atoms with Crippen LogP contribution in [0.4, 0.5) is 5.69 Å². The van der Waals surface area contributed by atoms with Crippen LogP contribution in [0.25, 0.3) is 11.4 Å². The minimum absolute atomic E-state index is 0.139. The predicted octanol–water partition coefficient (Wildman–Crippen LogP) is 0.917. The average molecular weight is 1140 g/mol. The van der Waals surface area contributed by atoms with Gasteiger partial charge >= 0.3 is 17.9 Å². The Balaban J connectivity index is 0.836. The third-order valence-corrected chi connectivity index (χ3v) is 11.6. The number of aliphatic carboxylic acids is 3. The number of benzene rings is 2. The molecule has 1 atom stereocenters. The van der Waals surface area contributed by atoms with E-state index < -0.39 is 17.9 Å². The molecule has 1 aliphatic rings. The maximum Gasteiger partial charge on any atom is 0.317 e. The minimum atomic E-state index is -1.04. The number of carbonyl (C=O) groups is 4. The number of amides is 1. The van der Waals surface area contributed by atoms with Crippen LogP contribution in [0.15, 0.2) is 48.5 Å². The first-order valence-corrected chi connectivity index (χ1v) is 26.9. The molecule has 1 amide bonds. The Bertz CT molecular complexity index is 2100. The van der Waals surface area contributed by atoms with E-state index >= 15 is 0 Å². The van der Waals surface area contributed by atoms with Gasteiger partial charge in [0.05, 0.1) is 171 Å². The van der Waals surface area contributed by atoms with E-state index in [-0.39, 0.29) is 51.2 Å². The first kappa shape index (κ1) is 67.0. The van der Waals surface area contributed by atoms with Crippen molar-refractivity contribution in [2.75, 3.05) is 210 Å². The van der Waals surface area contributed by atoms with Gasteiger partial charge in [0.25, 0.3) is 0 Å². The first-order valence-electron chi connectivity index (χ1n) is 26.9. The van der Waals surface area contributed by atoms with Gasteiger partial charge in [0, 0.05) is 50.0 Å². The molecule has 0 aliphatic carbocycles. The normalized spacial score (nSPS) is 14.6. The second kappa shape index (κ2) is 43.3. The second-order valence-electron chi connectivity index (χ2n) is 17.9. The van der Waals surface area contributed by atoms with Gasteiger partial charge in [-0.1, -0.05) is 12.1 Å². The van der Waals surface area contributed by atoms with Crippen molar-refractivity contribution in [3.8, 4) is 17.1 Å². The summed E-state index contributed by atoms with van der Waals surface area (Å²) in [6.45, 7) is 12.3. The molecule has 27 nitrogen and oxygen atoms in total. The van der Waals surface area contributed by atoms with E-state index in [2.05, 4.69) is 25.7 Å². The highest BCUT2D eigenvalue weighted by atomic mass is 16.6. The summed E-state index contributed by atoms with van der Waals surface area (Å²) in [5.74, 6) is -1.61. The summed E-state index contributed by atoms with van der Waals surface area (Å²) >= 11 is 0. The van der Waals surface area contributed by atoms with Crippen LogP contribution in [-0.2, 0) is 77.7 Å². The van der Waals surface area contributed by atoms with Crippen LogP contribution in [-0.4, -0.2) is 285 Å². The van der Waals surface area contributed by atoms with Crippen molar-refractivity contribution in [3.05, 3.63) is 59.9 Å². The number of nitrogens with one attached hydrogen (secondary N) is 1. The summed E-state index contributed by atoms with van der Waals surface area (Å²) in [5, 5.41) is 47.3. The van der Waals surface area contributed by atoms with E-state index in [0.717, 1.165) is 16.9 Å². The quantitative estimate of drug-likeness (QED) is 0.0572. The molecule has 1 aliphatic heterocycles. The molecule has 0 bridgehead atoms. The van der Waals surface area contributed by atoms with E-state index in [0.29, 0.717) is 195 Å². The number of aromatic nitrogens is 4. The molecule has 0 radical (unpaired) electrons. The standard InChI is InChI=1S/C53H82N8O19/c1-43-55-57-53(58-56-43)45-4-8-48(9-5-45)80-37-36-79-35-34-78-33-32-77-31-30-76-29-28-75-27-26-74-25-24-73-23-22-72-21-20-71-19-18-70-17-16-69-15-10-49(62)54-46-6-2-44(3-7-46)38-47-39-60(41-51(65)66)12-11-59(40-50(63)64)13-14-61(47)42-52(67)68/h2-9,47H,10-42H2,1H3,(H,54,62)(H,63,64)(H,65,66)(H,67,68). The van der Waals surface area contributed by atoms with Crippen LogP contribution in [0.5, 0.6) is 5.75 Å². The Kier molecular flexibility index (Phi) is 36.2. The molecular weight excluding hydrogens is 1050 g/mol. The molecule has 1 fully saturated rings. The Labute approximate surface area is 467 Å². The third kappa shape index (κ3) is 33.3. The molecule has 4 N–H and O–H groups in total. The Hall–Kier alpha value is -5.50. The van der Waals surface area contributed by atoms with Crippen molar-refractivity contribution in [1.82, 2.24) is 35.1 Å². The Morgan fingerprint density at radius 3 is 1.30 bits per heavy atom. The number of carbonyl (C=O) groups excluding carboxylic acids is 1. The van der Waals surface area contributed by atoms with Crippen LogP contribution in [0, 0.1) is 6.92 Å². The first-order chi connectivity index (χ1) is 39.0. The predicted molar refractivity (Wildman–Crippen MR) is 287 cm³/mol. The van der Waals surface area contributed by atoms with Crippen LogP contribution in [0.1, 0.15) is 17.8 Å². The van der Waals surface area contributed by atoms with Crippen LogP contribution < -0.4 is 10.1 Å². The van der Waals surface area contributed by atoms with E-state index in [9.17, 15) is 34.5 Å². The number of aryl methyl sites for hydroxylation is 1. The number of rotatable bonds is 47. The Morgan fingerprint density at radius 2 is 0.863 bits per heavy atom. The van der Waals surface area contributed by atoms with Crippen molar-refractivity contribution in [1.29, 1.82) is 0 Å². The zero-order chi connectivity index (χ0) is 57.1. The summed E-state index contributed by atoms with van der Waals surface area (Å²) in [4.78, 5) is 52.5. The second-order valence-corrected chi connectivity index (χ2v) is 17.9. The average Bonchev–Trinajstić information content (AvgIpc) is 3.51. The van der Waals surface area contributed by atoms with Crippen molar-refractivity contribution in [2.45, 2.75) is 25.8 Å². The molecule has 3 aromatic rings. The van der Waals surface area contributed by atoms with E-state index in [4.69, 9.17) is 56.8 Å². The highest BCUT2D eigenvalue weighted by Crippen LogP contribution is 2.19. The molecule has 2 heterocycles. The monoisotopic (exact) mass is 1130 g/mol. The zero-order valence-corrected chi connectivity index (χ0v) is 46.0. The molecule has 4 rings (SSSR count). The lowest BCUT2D eigenvalue weighted by Crippen LogP contribution is -2.49. The molecule has 2 aromatic carbocycles. The zero-order valence-electron chi connectivity index (χ0n) is 46.0. The van der Waals surface area contributed by atoms with Gasteiger partial charge in [-0.15, -0.1) is 20.4 Å². The van der Waals surface area contributed by atoms with Crippen molar-refractivity contribution in [2.24, 2.45) is 0 Å². The molecule has 27 heteroatoms. The fourth-order valence-corrected chi connectivity index (χ4v) is 7.61. The van der Waals surface area contributed by atoms with Gasteiger partial charge in [-0.2, -0.15) is 0 Å². The van der Waals surface area contributed by atoms with Crippen molar-refractivity contribution in [3.63, 3.8) is 0 Å². The van der Waals surface area contributed by atoms with Gasteiger partial charge in [0.1, 0.15) is 12.4 Å². The molecule has 0 saturated carbocycles. The van der Waals surface area contributed by atoms with Gasteiger partial charge in [-0.25, -0.2) is 0 Å². The van der Waals surface area contributed by atoms with Gasteiger partial charge in [-0.3, -0.25) is 33.9 Å². The van der Waals surface area contributed by atoms with Gasteiger partial charge in [-0.05, 0) is 55.3 Å². The fourth-order valence-electron chi connectivity index (χ4n) is 7.61. The summed E-state index contributed by atoms with van der Waals surface area (Å²) in [6.07, 6.45) is 0.555. The molecule has 0 spiro atoms. The highest BCUT2D eigenvalue weighted by molar-refractivity contribution is 5.90. The topological polar surface area (TPSA) is 313 Å². The number of ether oxygens (including phenoxy) is 12.